The summed E-state index contributed by atoms with van der Waals surface area (Å²) in [7, 11) is -3.82. The van der Waals surface area contributed by atoms with Gasteiger partial charge < -0.3 is 19.1 Å². The van der Waals surface area contributed by atoms with Crippen molar-refractivity contribution in [3.63, 3.8) is 0 Å². The highest BCUT2D eigenvalue weighted by molar-refractivity contribution is 8.03. The molecule has 0 aliphatic carbocycles. The van der Waals surface area contributed by atoms with Gasteiger partial charge in [-0.3, -0.25) is 0 Å². The predicted octanol–water partition coefficient (Wildman–Crippen LogP) is 8.52. The lowest BCUT2D eigenvalue weighted by Gasteiger charge is -2.24. The Morgan fingerprint density at radius 3 is 2.19 bits per heavy atom. The summed E-state index contributed by atoms with van der Waals surface area (Å²) in [5.41, 5.74) is 0.430. The summed E-state index contributed by atoms with van der Waals surface area (Å²) < 4.78 is 48.5. The zero-order valence-corrected chi connectivity index (χ0v) is 27.7. The Kier molecular flexibility index (Phi) is 17.5. The Morgan fingerprint density at radius 2 is 1.52 bits per heavy atom. The fourth-order valence-corrected chi connectivity index (χ4v) is 7.34. The summed E-state index contributed by atoms with van der Waals surface area (Å²) in [5.74, 6) is 0. The van der Waals surface area contributed by atoms with Crippen molar-refractivity contribution < 1.29 is 26.8 Å². The van der Waals surface area contributed by atoms with E-state index in [0.717, 1.165) is 31.2 Å². The number of ether oxygens (including phenoxy) is 3. The molecule has 1 fully saturated rings. The third-order valence-corrected chi connectivity index (χ3v) is 10.1. The average molecular weight is 626 g/mol. The van der Waals surface area contributed by atoms with E-state index in [1.165, 1.54) is 88.8 Å². The fraction of sp³-hybridized carbons (Fsp3) is 0.758. The minimum Gasteiger partial charge on any atom is -0.379 e. The van der Waals surface area contributed by atoms with Gasteiger partial charge in [-0.05, 0) is 50.1 Å². The van der Waals surface area contributed by atoms with Crippen molar-refractivity contribution in [3.8, 4) is 0 Å². The molecule has 240 valence electrons. The molecule has 7 nitrogen and oxygen atoms in total. The lowest BCUT2D eigenvalue weighted by atomic mass is 10.0. The molecule has 2 aliphatic heterocycles. The monoisotopic (exact) mass is 625 g/mol. The van der Waals surface area contributed by atoms with Crippen LogP contribution in [0.15, 0.2) is 40.8 Å². The van der Waals surface area contributed by atoms with Gasteiger partial charge in [0, 0.05) is 19.4 Å². The Morgan fingerprint density at radius 1 is 0.881 bits per heavy atom. The first-order valence-electron chi connectivity index (χ1n) is 16.4. The van der Waals surface area contributed by atoms with E-state index in [0.29, 0.717) is 26.4 Å². The second-order valence-electron chi connectivity index (χ2n) is 11.7. The van der Waals surface area contributed by atoms with Crippen molar-refractivity contribution in [1.82, 2.24) is 4.90 Å². The smallest absolute Gasteiger partial charge is 0.299 e. The van der Waals surface area contributed by atoms with Crippen LogP contribution in [0.3, 0.4) is 0 Å². The summed E-state index contributed by atoms with van der Waals surface area (Å²) in [5, 5.41) is 1.87. The Hall–Kier alpha value is -1.10. The minimum atomic E-state index is -3.82. The first-order chi connectivity index (χ1) is 20.5. The SMILES string of the molecule is CCCCCCCCCCCCCCCC1OCC(COCCCCN2C=CSC2OS(=O)(=O)c2ccc(C)cc2)O1. The van der Waals surface area contributed by atoms with Crippen molar-refractivity contribution in [2.45, 2.75) is 139 Å². The van der Waals surface area contributed by atoms with Crippen LogP contribution in [-0.4, -0.2) is 57.6 Å². The maximum Gasteiger partial charge on any atom is 0.299 e. The number of hydrogen-bond donors (Lipinski definition) is 0. The highest BCUT2D eigenvalue weighted by Gasteiger charge is 2.28. The summed E-state index contributed by atoms with van der Waals surface area (Å²) in [6.45, 7) is 6.69. The second kappa shape index (κ2) is 20.8. The van der Waals surface area contributed by atoms with Gasteiger partial charge in [-0.15, -0.1) is 0 Å². The van der Waals surface area contributed by atoms with Crippen LogP contribution in [0, 0.1) is 6.92 Å². The van der Waals surface area contributed by atoms with Gasteiger partial charge in [-0.25, -0.2) is 4.18 Å². The van der Waals surface area contributed by atoms with Crippen LogP contribution >= 0.6 is 11.8 Å². The van der Waals surface area contributed by atoms with Crippen LogP contribution in [0.25, 0.3) is 0 Å². The normalized spacial score (nSPS) is 20.6. The summed E-state index contributed by atoms with van der Waals surface area (Å²) >= 11 is 1.36. The predicted molar refractivity (Wildman–Crippen MR) is 172 cm³/mol. The van der Waals surface area contributed by atoms with E-state index in [4.69, 9.17) is 18.4 Å². The molecule has 0 N–H and O–H groups in total. The zero-order chi connectivity index (χ0) is 29.9. The van der Waals surface area contributed by atoms with E-state index in [9.17, 15) is 8.42 Å². The van der Waals surface area contributed by atoms with Crippen LogP contribution in [-0.2, 0) is 28.5 Å². The van der Waals surface area contributed by atoms with E-state index in [1.807, 2.05) is 23.4 Å². The molecule has 2 aliphatic rings. The van der Waals surface area contributed by atoms with Gasteiger partial charge in [0.05, 0.1) is 18.1 Å². The minimum absolute atomic E-state index is 0.0136. The number of thioether (sulfide) groups is 1. The van der Waals surface area contributed by atoms with Crippen molar-refractivity contribution in [1.29, 1.82) is 0 Å². The molecule has 0 radical (unpaired) electrons. The molecule has 0 amide bonds. The van der Waals surface area contributed by atoms with E-state index < -0.39 is 15.7 Å². The Labute approximate surface area is 260 Å². The van der Waals surface area contributed by atoms with E-state index in [-0.39, 0.29) is 17.3 Å². The molecule has 9 heteroatoms. The molecule has 3 rings (SSSR count). The number of benzene rings is 1. The highest BCUT2D eigenvalue weighted by Crippen LogP contribution is 2.30. The highest BCUT2D eigenvalue weighted by atomic mass is 32.2. The molecule has 1 aromatic rings. The van der Waals surface area contributed by atoms with Crippen LogP contribution in [0.5, 0.6) is 0 Å². The van der Waals surface area contributed by atoms with Crippen molar-refractivity contribution in [2.75, 3.05) is 26.4 Å². The van der Waals surface area contributed by atoms with Gasteiger partial charge in [-0.1, -0.05) is 113 Å². The molecule has 42 heavy (non-hydrogen) atoms. The summed E-state index contributed by atoms with van der Waals surface area (Å²) in [6.07, 6.45) is 22.2. The van der Waals surface area contributed by atoms with Gasteiger partial charge in [0.25, 0.3) is 10.1 Å². The molecular formula is C33H55NO6S2. The fourth-order valence-electron chi connectivity index (χ4n) is 5.24. The zero-order valence-electron chi connectivity index (χ0n) is 26.1. The molecular weight excluding hydrogens is 570 g/mol. The molecule has 0 spiro atoms. The van der Waals surface area contributed by atoms with Crippen molar-refractivity contribution in [2.24, 2.45) is 0 Å². The first-order valence-corrected chi connectivity index (χ1v) is 18.8. The number of unbranched alkanes of at least 4 members (excludes halogenated alkanes) is 13. The molecule has 3 atom stereocenters. The Balaban J connectivity index is 1.13. The van der Waals surface area contributed by atoms with E-state index >= 15 is 0 Å². The second-order valence-corrected chi connectivity index (χ2v) is 14.2. The first kappa shape index (κ1) is 35.4. The van der Waals surface area contributed by atoms with Gasteiger partial charge in [0.2, 0.25) is 5.56 Å². The lowest BCUT2D eigenvalue weighted by Crippen LogP contribution is -2.30. The molecule has 1 saturated heterocycles. The number of rotatable bonds is 24. The quantitative estimate of drug-likeness (QED) is 0.0836. The lowest BCUT2D eigenvalue weighted by molar-refractivity contribution is -0.0761. The molecule has 2 heterocycles. The number of aryl methyl sites for hydroxylation is 1. The number of nitrogens with zero attached hydrogens (tertiary/aromatic N) is 1. The van der Waals surface area contributed by atoms with Gasteiger partial charge in [0.15, 0.2) is 6.29 Å². The standard InChI is InChI=1S/C33H55NO6S2/c1-3-4-5-6-7-8-9-10-11-12-13-14-15-18-32-38-28-30(39-32)27-37-25-17-16-23-34-24-26-41-33(34)40-42(35,36)31-21-19-29(2)20-22-31/h19-22,24,26,30,32-33H,3-18,23,25,27-28H2,1-2H3. The van der Waals surface area contributed by atoms with E-state index in [2.05, 4.69) is 6.92 Å². The van der Waals surface area contributed by atoms with Crippen LogP contribution in [0.4, 0.5) is 0 Å². The molecule has 0 aromatic heterocycles. The Bertz CT molecular complexity index is 971. The summed E-state index contributed by atoms with van der Waals surface area (Å²) in [4.78, 5) is 2.10. The van der Waals surface area contributed by atoms with Crippen LogP contribution in [0.1, 0.15) is 115 Å². The maximum atomic E-state index is 12.6. The molecule has 0 saturated carbocycles. The van der Waals surface area contributed by atoms with E-state index in [1.54, 1.807) is 24.3 Å². The summed E-state index contributed by atoms with van der Waals surface area (Å²) in [6, 6.07) is 6.72. The van der Waals surface area contributed by atoms with Crippen LogP contribution < -0.4 is 0 Å². The third-order valence-electron chi connectivity index (χ3n) is 7.85. The molecule has 0 bridgehead atoms. The number of hydrogen-bond acceptors (Lipinski definition) is 8. The van der Waals surface area contributed by atoms with Gasteiger partial charge >= 0.3 is 0 Å². The van der Waals surface area contributed by atoms with Gasteiger partial charge in [0.1, 0.15) is 6.10 Å². The van der Waals surface area contributed by atoms with Gasteiger partial charge in [-0.2, -0.15) is 8.42 Å². The largest absolute Gasteiger partial charge is 0.379 e. The topological polar surface area (TPSA) is 74.3 Å². The third kappa shape index (κ3) is 14.1. The van der Waals surface area contributed by atoms with Crippen molar-refractivity contribution >= 4 is 21.9 Å². The van der Waals surface area contributed by atoms with Crippen LogP contribution in [0.2, 0.25) is 0 Å². The molecule has 3 unspecified atom stereocenters. The average Bonchev–Trinajstić information content (AvgIpc) is 3.62. The van der Waals surface area contributed by atoms with Crippen molar-refractivity contribution in [3.05, 3.63) is 41.4 Å². The maximum absolute atomic E-state index is 12.6. The molecule has 1 aromatic carbocycles.